The molecular formula is C24H27N3O5. The summed E-state index contributed by atoms with van der Waals surface area (Å²) in [6.45, 7) is 0.573. The summed E-state index contributed by atoms with van der Waals surface area (Å²) >= 11 is 0. The second kappa shape index (κ2) is 9.00. The van der Waals surface area contributed by atoms with Crippen molar-refractivity contribution >= 4 is 29.1 Å². The number of anilines is 2. The van der Waals surface area contributed by atoms with Crippen LogP contribution in [0.2, 0.25) is 0 Å². The van der Waals surface area contributed by atoms with Gasteiger partial charge in [-0.2, -0.15) is 0 Å². The monoisotopic (exact) mass is 437 g/mol. The number of ether oxygens (including phenoxy) is 1. The summed E-state index contributed by atoms with van der Waals surface area (Å²) in [6, 6.07) is 12.3. The van der Waals surface area contributed by atoms with Gasteiger partial charge in [0.25, 0.3) is 0 Å². The summed E-state index contributed by atoms with van der Waals surface area (Å²) in [6.07, 6.45) is 3.38. The lowest BCUT2D eigenvalue weighted by Crippen LogP contribution is -2.46. The molecule has 3 amide bonds. The van der Waals surface area contributed by atoms with Crippen LogP contribution in [0.5, 0.6) is 5.75 Å². The molecule has 1 heterocycles. The summed E-state index contributed by atoms with van der Waals surface area (Å²) in [7, 11) is 1.59. The van der Waals surface area contributed by atoms with Crippen LogP contribution in [0.3, 0.4) is 0 Å². The molecule has 0 bridgehead atoms. The van der Waals surface area contributed by atoms with Crippen molar-refractivity contribution in [2.75, 3.05) is 30.4 Å². The van der Waals surface area contributed by atoms with Gasteiger partial charge in [0, 0.05) is 24.3 Å². The van der Waals surface area contributed by atoms with E-state index in [4.69, 9.17) is 4.74 Å². The summed E-state index contributed by atoms with van der Waals surface area (Å²) < 4.78 is 5.26. The van der Waals surface area contributed by atoms with Crippen molar-refractivity contribution in [3.8, 4) is 5.75 Å². The van der Waals surface area contributed by atoms with Gasteiger partial charge in [-0.1, -0.05) is 12.1 Å². The van der Waals surface area contributed by atoms with Gasteiger partial charge < -0.3 is 25.4 Å². The Morgan fingerprint density at radius 2 is 1.97 bits per heavy atom. The number of fused-ring (bicyclic) bond motifs is 1. The van der Waals surface area contributed by atoms with Crippen molar-refractivity contribution in [1.29, 1.82) is 0 Å². The highest BCUT2D eigenvalue weighted by atomic mass is 16.5. The average Bonchev–Trinajstić information content (AvgIpc) is 3.23. The van der Waals surface area contributed by atoms with Gasteiger partial charge >= 0.3 is 11.8 Å². The molecule has 0 spiro atoms. The quantitative estimate of drug-likeness (QED) is 0.621. The Bertz CT molecular complexity index is 1050. The van der Waals surface area contributed by atoms with Gasteiger partial charge in [0.05, 0.1) is 13.7 Å². The molecule has 1 aliphatic carbocycles. The van der Waals surface area contributed by atoms with Crippen molar-refractivity contribution in [3.05, 3.63) is 53.6 Å². The minimum atomic E-state index is -1.24. The number of hydrogen-bond acceptors (Lipinski definition) is 5. The zero-order chi connectivity index (χ0) is 22.7. The first-order valence-electron chi connectivity index (χ1n) is 10.8. The fraction of sp³-hybridized carbons (Fsp3) is 0.375. The van der Waals surface area contributed by atoms with Crippen molar-refractivity contribution in [2.45, 2.75) is 37.7 Å². The molecule has 8 heteroatoms. The Hall–Kier alpha value is -3.39. The molecule has 1 atom stereocenters. The lowest BCUT2D eigenvalue weighted by molar-refractivity contribution is -0.137. The van der Waals surface area contributed by atoms with Crippen LogP contribution >= 0.6 is 0 Å². The topological polar surface area (TPSA) is 108 Å². The molecule has 32 heavy (non-hydrogen) atoms. The number of aryl methyl sites for hydroxylation is 1. The Morgan fingerprint density at radius 3 is 2.72 bits per heavy atom. The SMILES string of the molecule is COc1ccc2c(c1)CCCC2(O)CNC(=O)C(=O)Nc1cccc(N2CCCC2=O)c1. The standard InChI is InChI=1S/C24H27N3O5/c1-32-19-9-10-20-16(13-19)5-3-11-24(20,31)15-25-22(29)23(30)26-17-6-2-7-18(14-17)27-12-4-8-21(27)28/h2,6-7,9-10,13-14,31H,3-5,8,11-12,15H2,1H3,(H,25,29)(H,26,30). The van der Waals surface area contributed by atoms with Gasteiger partial charge in [-0.25, -0.2) is 0 Å². The molecule has 1 saturated heterocycles. The number of nitrogens with zero attached hydrogens (tertiary/aromatic N) is 1. The molecular weight excluding hydrogens is 410 g/mol. The molecule has 168 valence electrons. The number of carbonyl (C=O) groups is 3. The van der Waals surface area contributed by atoms with E-state index in [0.29, 0.717) is 36.5 Å². The molecule has 0 radical (unpaired) electrons. The van der Waals surface area contributed by atoms with Gasteiger partial charge in [-0.05, 0) is 67.1 Å². The number of aliphatic hydroxyl groups is 1. The summed E-state index contributed by atoms with van der Waals surface area (Å²) in [5.41, 5.74) is 1.59. The van der Waals surface area contributed by atoms with Crippen LogP contribution in [-0.2, 0) is 26.4 Å². The largest absolute Gasteiger partial charge is 0.497 e. The second-order valence-electron chi connectivity index (χ2n) is 8.24. The highest BCUT2D eigenvalue weighted by Crippen LogP contribution is 2.36. The van der Waals surface area contributed by atoms with Crippen LogP contribution in [0.25, 0.3) is 0 Å². The van der Waals surface area contributed by atoms with E-state index in [9.17, 15) is 19.5 Å². The van der Waals surface area contributed by atoms with E-state index < -0.39 is 17.4 Å². The Kier molecular flexibility index (Phi) is 6.14. The van der Waals surface area contributed by atoms with Crippen molar-refractivity contribution in [3.63, 3.8) is 0 Å². The van der Waals surface area contributed by atoms with Crippen LogP contribution in [0.15, 0.2) is 42.5 Å². The highest BCUT2D eigenvalue weighted by Gasteiger charge is 2.35. The fourth-order valence-corrected chi connectivity index (χ4v) is 4.41. The van der Waals surface area contributed by atoms with E-state index in [0.717, 1.165) is 30.4 Å². The fourth-order valence-electron chi connectivity index (χ4n) is 4.41. The van der Waals surface area contributed by atoms with E-state index in [1.54, 1.807) is 42.3 Å². The zero-order valence-electron chi connectivity index (χ0n) is 18.0. The third-order valence-corrected chi connectivity index (χ3v) is 6.09. The predicted molar refractivity (Wildman–Crippen MR) is 119 cm³/mol. The van der Waals surface area contributed by atoms with E-state index >= 15 is 0 Å². The van der Waals surface area contributed by atoms with Gasteiger partial charge in [0.2, 0.25) is 5.91 Å². The van der Waals surface area contributed by atoms with Gasteiger partial charge in [0.1, 0.15) is 11.4 Å². The van der Waals surface area contributed by atoms with Gasteiger partial charge in [-0.3, -0.25) is 14.4 Å². The Morgan fingerprint density at radius 1 is 1.12 bits per heavy atom. The van der Waals surface area contributed by atoms with E-state index in [-0.39, 0.29) is 12.5 Å². The molecule has 0 saturated carbocycles. The zero-order valence-corrected chi connectivity index (χ0v) is 18.0. The van der Waals surface area contributed by atoms with Crippen molar-refractivity contribution in [1.82, 2.24) is 5.32 Å². The number of amides is 3. The minimum absolute atomic E-state index is 0.0462. The molecule has 2 aromatic carbocycles. The molecule has 2 aliphatic rings. The van der Waals surface area contributed by atoms with Crippen LogP contribution in [0.1, 0.15) is 36.8 Å². The third-order valence-electron chi connectivity index (χ3n) is 6.09. The number of rotatable bonds is 5. The Labute approximate surface area is 186 Å². The van der Waals surface area contributed by atoms with Gasteiger partial charge in [0.15, 0.2) is 0 Å². The van der Waals surface area contributed by atoms with Crippen LogP contribution < -0.4 is 20.3 Å². The predicted octanol–water partition coefficient (Wildman–Crippen LogP) is 2.10. The lowest BCUT2D eigenvalue weighted by Gasteiger charge is -2.34. The van der Waals surface area contributed by atoms with Crippen LogP contribution in [-0.4, -0.2) is 43.0 Å². The van der Waals surface area contributed by atoms with E-state index in [2.05, 4.69) is 10.6 Å². The maximum Gasteiger partial charge on any atom is 0.313 e. The molecule has 4 rings (SSSR count). The maximum absolute atomic E-state index is 12.4. The summed E-state index contributed by atoms with van der Waals surface area (Å²) in [5, 5.41) is 16.3. The van der Waals surface area contributed by atoms with Crippen LogP contribution in [0, 0.1) is 0 Å². The van der Waals surface area contributed by atoms with Gasteiger partial charge in [-0.15, -0.1) is 0 Å². The lowest BCUT2D eigenvalue weighted by atomic mass is 9.79. The normalized spacial score (nSPS) is 19.9. The second-order valence-corrected chi connectivity index (χ2v) is 8.24. The summed E-state index contributed by atoms with van der Waals surface area (Å²) in [4.78, 5) is 38.4. The van der Waals surface area contributed by atoms with Crippen LogP contribution in [0.4, 0.5) is 11.4 Å². The minimum Gasteiger partial charge on any atom is -0.497 e. The number of benzene rings is 2. The first kappa shape index (κ1) is 21.8. The van der Waals surface area contributed by atoms with Crippen molar-refractivity contribution < 1.29 is 24.2 Å². The molecule has 3 N–H and O–H groups in total. The average molecular weight is 437 g/mol. The number of hydrogen-bond donors (Lipinski definition) is 3. The molecule has 0 aromatic heterocycles. The first-order chi connectivity index (χ1) is 15.4. The Balaban J connectivity index is 1.39. The van der Waals surface area contributed by atoms with E-state index in [1.807, 2.05) is 12.1 Å². The molecule has 1 fully saturated rings. The molecule has 1 unspecified atom stereocenters. The summed E-state index contributed by atoms with van der Waals surface area (Å²) in [5.74, 6) is -0.898. The molecule has 2 aromatic rings. The maximum atomic E-state index is 12.4. The van der Waals surface area contributed by atoms with E-state index in [1.165, 1.54) is 0 Å². The number of methoxy groups -OCH3 is 1. The van der Waals surface area contributed by atoms with Crippen molar-refractivity contribution in [2.24, 2.45) is 0 Å². The number of carbonyl (C=O) groups excluding carboxylic acids is 3. The highest BCUT2D eigenvalue weighted by molar-refractivity contribution is 6.39. The third kappa shape index (κ3) is 4.45. The molecule has 1 aliphatic heterocycles. The molecule has 8 nitrogen and oxygen atoms in total. The number of nitrogens with one attached hydrogen (secondary N) is 2. The smallest absolute Gasteiger partial charge is 0.313 e. The first-order valence-corrected chi connectivity index (χ1v) is 10.8.